The number of hydrogen-bond acceptors (Lipinski definition) is 2. The zero-order valence-electron chi connectivity index (χ0n) is 10.7. The number of aliphatic hydroxyl groups excluding tert-OH is 1. The first kappa shape index (κ1) is 12.3. The van der Waals surface area contributed by atoms with Crippen molar-refractivity contribution in [1.29, 1.82) is 0 Å². The Morgan fingerprint density at radius 3 is 2.78 bits per heavy atom. The Labute approximate surface area is 113 Å². The molecule has 0 amide bonds. The summed E-state index contributed by atoms with van der Waals surface area (Å²) in [5.41, 5.74) is 0.694. The van der Waals surface area contributed by atoms with Crippen LogP contribution < -0.4 is 4.74 Å². The van der Waals surface area contributed by atoms with E-state index in [9.17, 15) is 5.11 Å². The van der Waals surface area contributed by atoms with Crippen LogP contribution in [-0.2, 0) is 0 Å². The highest BCUT2D eigenvalue weighted by Gasteiger charge is 2.42. The topological polar surface area (TPSA) is 29.5 Å². The maximum Gasteiger partial charge on any atom is 0.126 e. The van der Waals surface area contributed by atoms with Crippen molar-refractivity contribution < 1.29 is 9.84 Å². The van der Waals surface area contributed by atoms with E-state index in [1.165, 1.54) is 12.8 Å². The van der Waals surface area contributed by atoms with Crippen molar-refractivity contribution in [3.05, 3.63) is 28.8 Å². The highest BCUT2D eigenvalue weighted by atomic mass is 35.5. The van der Waals surface area contributed by atoms with Crippen molar-refractivity contribution in [3.63, 3.8) is 0 Å². The lowest BCUT2D eigenvalue weighted by Gasteiger charge is -2.44. The van der Waals surface area contributed by atoms with Crippen molar-refractivity contribution in [2.75, 3.05) is 0 Å². The molecule has 1 heterocycles. The van der Waals surface area contributed by atoms with E-state index < -0.39 is 6.10 Å². The Morgan fingerprint density at radius 2 is 2.06 bits per heavy atom. The molecule has 1 atom stereocenters. The SMILES string of the molecule is CC1CCC2(CC1)CC(O)c1cc(Cl)ccc1O2. The van der Waals surface area contributed by atoms with Crippen LogP contribution in [0.2, 0.25) is 5.02 Å². The minimum absolute atomic E-state index is 0.146. The largest absolute Gasteiger partial charge is 0.487 e. The maximum absolute atomic E-state index is 10.3. The number of fused-ring (bicyclic) bond motifs is 1. The van der Waals surface area contributed by atoms with Gasteiger partial charge in [-0.3, -0.25) is 0 Å². The average Bonchev–Trinajstić information content (AvgIpc) is 2.35. The third-order valence-electron chi connectivity index (χ3n) is 4.41. The second-order valence-electron chi connectivity index (χ2n) is 5.87. The van der Waals surface area contributed by atoms with E-state index in [0.29, 0.717) is 11.4 Å². The van der Waals surface area contributed by atoms with E-state index in [1.54, 1.807) is 0 Å². The summed E-state index contributed by atoms with van der Waals surface area (Å²) in [5, 5.41) is 11.0. The number of halogens is 1. The molecule has 1 aliphatic carbocycles. The van der Waals surface area contributed by atoms with Gasteiger partial charge in [0.25, 0.3) is 0 Å². The van der Waals surface area contributed by atoms with Gasteiger partial charge in [0.1, 0.15) is 11.4 Å². The fourth-order valence-electron chi connectivity index (χ4n) is 3.20. The lowest BCUT2D eigenvalue weighted by Crippen LogP contribution is -2.43. The third kappa shape index (κ3) is 2.12. The molecule has 1 fully saturated rings. The van der Waals surface area contributed by atoms with Gasteiger partial charge in [-0.15, -0.1) is 0 Å². The van der Waals surface area contributed by atoms with Crippen LogP contribution >= 0.6 is 11.6 Å². The number of hydrogen-bond donors (Lipinski definition) is 1. The van der Waals surface area contributed by atoms with Gasteiger partial charge in [-0.2, -0.15) is 0 Å². The average molecular weight is 267 g/mol. The molecule has 1 aromatic rings. The third-order valence-corrected chi connectivity index (χ3v) is 4.64. The van der Waals surface area contributed by atoms with Crippen molar-refractivity contribution >= 4 is 11.6 Å². The molecule has 1 aliphatic heterocycles. The molecule has 98 valence electrons. The predicted octanol–water partition coefficient (Wildman–Crippen LogP) is 4.10. The standard InChI is InChI=1S/C15H19ClO2/c1-10-4-6-15(7-5-10)9-13(17)12-8-11(16)2-3-14(12)18-15/h2-3,8,10,13,17H,4-7,9H2,1H3. The Balaban J connectivity index is 1.89. The van der Waals surface area contributed by atoms with Crippen LogP contribution in [0.1, 0.15) is 50.7 Å². The lowest BCUT2D eigenvalue weighted by atomic mass is 9.74. The van der Waals surface area contributed by atoms with Crippen LogP contribution in [0.15, 0.2) is 18.2 Å². The Kier molecular flexibility index (Phi) is 3.03. The molecular formula is C15H19ClO2. The van der Waals surface area contributed by atoms with Crippen LogP contribution in [-0.4, -0.2) is 10.7 Å². The molecular weight excluding hydrogens is 248 g/mol. The van der Waals surface area contributed by atoms with Crippen LogP contribution in [0.25, 0.3) is 0 Å². The summed E-state index contributed by atoms with van der Waals surface area (Å²) < 4.78 is 6.22. The van der Waals surface area contributed by atoms with Gasteiger partial charge >= 0.3 is 0 Å². The van der Waals surface area contributed by atoms with Crippen LogP contribution in [0.5, 0.6) is 5.75 Å². The molecule has 0 bridgehead atoms. The van der Waals surface area contributed by atoms with Crippen LogP contribution in [0, 0.1) is 5.92 Å². The van der Waals surface area contributed by atoms with Gasteiger partial charge in [-0.1, -0.05) is 18.5 Å². The Morgan fingerprint density at radius 1 is 1.33 bits per heavy atom. The lowest BCUT2D eigenvalue weighted by molar-refractivity contribution is -0.0454. The van der Waals surface area contributed by atoms with Gasteiger partial charge in [0.2, 0.25) is 0 Å². The molecule has 1 saturated carbocycles. The number of ether oxygens (including phenoxy) is 1. The van der Waals surface area contributed by atoms with E-state index in [1.807, 2.05) is 18.2 Å². The molecule has 1 N–H and O–H groups in total. The summed E-state index contributed by atoms with van der Waals surface area (Å²) in [6.45, 7) is 2.29. The fraction of sp³-hybridized carbons (Fsp3) is 0.600. The van der Waals surface area contributed by atoms with Crippen LogP contribution in [0.4, 0.5) is 0 Å². The van der Waals surface area contributed by atoms with Gasteiger partial charge in [-0.05, 0) is 49.8 Å². The molecule has 0 radical (unpaired) electrons. The summed E-state index contributed by atoms with van der Waals surface area (Å²) in [6, 6.07) is 5.54. The summed E-state index contributed by atoms with van der Waals surface area (Å²) in [7, 11) is 0. The van der Waals surface area contributed by atoms with Gasteiger partial charge in [0.05, 0.1) is 6.10 Å². The van der Waals surface area contributed by atoms with E-state index in [2.05, 4.69) is 6.92 Å². The minimum Gasteiger partial charge on any atom is -0.487 e. The zero-order valence-corrected chi connectivity index (χ0v) is 11.4. The normalized spacial score (nSPS) is 35.1. The Bertz CT molecular complexity index is 450. The highest BCUT2D eigenvalue weighted by molar-refractivity contribution is 6.30. The highest BCUT2D eigenvalue weighted by Crippen LogP contribution is 2.47. The van der Waals surface area contributed by atoms with Crippen molar-refractivity contribution in [2.24, 2.45) is 5.92 Å². The maximum atomic E-state index is 10.3. The molecule has 1 aromatic carbocycles. The second kappa shape index (κ2) is 4.43. The van der Waals surface area contributed by atoms with Gasteiger partial charge < -0.3 is 9.84 Å². The molecule has 1 spiro atoms. The van der Waals surface area contributed by atoms with Gasteiger partial charge in [-0.25, -0.2) is 0 Å². The first-order valence-corrected chi connectivity index (χ1v) is 7.12. The smallest absolute Gasteiger partial charge is 0.126 e. The quantitative estimate of drug-likeness (QED) is 0.766. The van der Waals surface area contributed by atoms with E-state index in [0.717, 1.165) is 30.1 Å². The van der Waals surface area contributed by atoms with E-state index in [-0.39, 0.29) is 5.60 Å². The first-order valence-electron chi connectivity index (χ1n) is 6.74. The van der Waals surface area contributed by atoms with Crippen molar-refractivity contribution in [3.8, 4) is 5.75 Å². The van der Waals surface area contributed by atoms with Crippen molar-refractivity contribution in [1.82, 2.24) is 0 Å². The number of benzene rings is 1. The number of aliphatic hydroxyl groups is 1. The molecule has 2 aliphatic rings. The molecule has 0 aromatic heterocycles. The molecule has 3 rings (SSSR count). The van der Waals surface area contributed by atoms with Crippen molar-refractivity contribution in [2.45, 2.75) is 50.7 Å². The van der Waals surface area contributed by atoms with E-state index >= 15 is 0 Å². The molecule has 18 heavy (non-hydrogen) atoms. The van der Waals surface area contributed by atoms with Gasteiger partial charge in [0, 0.05) is 17.0 Å². The van der Waals surface area contributed by atoms with Gasteiger partial charge in [0.15, 0.2) is 0 Å². The summed E-state index contributed by atoms with van der Waals surface area (Å²) in [5.74, 6) is 1.59. The number of rotatable bonds is 0. The summed E-state index contributed by atoms with van der Waals surface area (Å²) in [6.07, 6.45) is 4.74. The zero-order chi connectivity index (χ0) is 12.8. The molecule has 2 nitrogen and oxygen atoms in total. The Hall–Kier alpha value is -0.730. The molecule has 1 unspecified atom stereocenters. The monoisotopic (exact) mass is 266 g/mol. The predicted molar refractivity (Wildman–Crippen MR) is 72.0 cm³/mol. The van der Waals surface area contributed by atoms with E-state index in [4.69, 9.17) is 16.3 Å². The summed E-state index contributed by atoms with van der Waals surface area (Å²) in [4.78, 5) is 0. The second-order valence-corrected chi connectivity index (χ2v) is 6.31. The molecule has 0 saturated heterocycles. The summed E-state index contributed by atoms with van der Waals surface area (Å²) >= 11 is 5.97. The minimum atomic E-state index is -0.444. The fourth-order valence-corrected chi connectivity index (χ4v) is 3.38. The van der Waals surface area contributed by atoms with Crippen LogP contribution in [0.3, 0.4) is 0 Å². The molecule has 3 heteroatoms. The first-order chi connectivity index (χ1) is 8.58.